The molecule has 7 heteroatoms. The number of benzene rings is 10. The van der Waals surface area contributed by atoms with Gasteiger partial charge < -0.3 is 22.2 Å². The lowest BCUT2D eigenvalue weighted by Crippen LogP contribution is -2.24. The summed E-state index contributed by atoms with van der Waals surface area (Å²) in [4.78, 5) is 0. The number of aryl methyl sites for hydroxylation is 8. The van der Waals surface area contributed by atoms with Crippen LogP contribution >= 0.6 is 16.4 Å². The van der Waals surface area contributed by atoms with E-state index in [2.05, 4.69) is 201 Å². The van der Waals surface area contributed by atoms with Crippen LogP contribution in [0.25, 0.3) is 76.2 Å². The van der Waals surface area contributed by atoms with Crippen LogP contribution in [0.4, 0.5) is 0 Å². The summed E-state index contributed by atoms with van der Waals surface area (Å²) in [6.45, 7) is 17.8. The molecule has 0 spiro atoms. The Hall–Kier alpha value is -7.03. The van der Waals surface area contributed by atoms with Crippen molar-refractivity contribution in [3.8, 4) is 34.1 Å². The fourth-order valence-corrected chi connectivity index (χ4v) is 15.4. The van der Waals surface area contributed by atoms with Crippen LogP contribution in [0.5, 0.6) is 23.0 Å². The standard InChI is InChI=1S/C72H72O5P2/c1-9-13-21-49-31-33-59-55(41-49)43-53(23-15-11-3)71(74-78-63-37-45(5)29-35-61(63)73-62-36-30-46(6)38-64(62)78)67(59)68-60-34-32-50(22-14-10-2)42-56(60)44-54(24-16-12-4)72(68)77-79-75-69-47(7)39-51-25-17-19-27-57(51)65(69)66-58-28-20-18-26-52(58)40-48(8)70(66)76-79/h17-20,25-44H,9-16,21-24H2,1-8H3. The molecule has 1 aliphatic heterocycles. The van der Waals surface area contributed by atoms with Crippen LogP contribution in [-0.2, 0) is 25.7 Å². The second kappa shape index (κ2) is 22.6. The smallest absolute Gasteiger partial charge is 0.453 e. The Bertz CT molecular complexity index is 4030. The highest BCUT2D eigenvalue weighted by Gasteiger charge is 2.34. The van der Waals surface area contributed by atoms with Crippen LogP contribution in [0, 0.1) is 27.7 Å². The maximum absolute atomic E-state index is 8.13. The summed E-state index contributed by atoms with van der Waals surface area (Å²) >= 11 is 0. The first kappa shape index (κ1) is 52.7. The van der Waals surface area contributed by atoms with Crippen molar-refractivity contribution in [3.05, 3.63) is 190 Å². The van der Waals surface area contributed by atoms with Gasteiger partial charge in [-0.25, -0.2) is 0 Å². The summed E-state index contributed by atoms with van der Waals surface area (Å²) in [5.41, 5.74) is 13.1. The predicted octanol–water partition coefficient (Wildman–Crippen LogP) is 21.5. The number of fused-ring (bicyclic) bond motifs is 11. The molecule has 79 heavy (non-hydrogen) atoms. The first-order chi connectivity index (χ1) is 38.6. The minimum Gasteiger partial charge on any atom is -0.463 e. The molecule has 5 nitrogen and oxygen atoms in total. The van der Waals surface area contributed by atoms with Crippen molar-refractivity contribution in [3.63, 3.8) is 0 Å². The molecule has 0 unspecified atom stereocenters. The molecule has 0 radical (unpaired) electrons. The summed E-state index contributed by atoms with van der Waals surface area (Å²) in [5.74, 6) is 3.38. The Morgan fingerprint density at radius 3 is 1.32 bits per heavy atom. The van der Waals surface area contributed by atoms with Crippen molar-refractivity contribution in [1.29, 1.82) is 0 Å². The van der Waals surface area contributed by atoms with Crippen LogP contribution in [-0.4, -0.2) is 0 Å². The highest BCUT2D eigenvalue weighted by molar-refractivity contribution is 7.69. The fourth-order valence-electron chi connectivity index (χ4n) is 12.0. The SMILES string of the molecule is CCCCc1ccc2c(-c3c(Op4oc5c(C)cc6ccccc6c5c5c(o4)c(C)cc4ccccc45)c(CCCC)cc4cc(CCCC)ccc34)c(OP3c4cc(C)ccc4Oc4ccc(C)cc43)c(CCCC)cc2c1. The second-order valence-corrected chi connectivity index (χ2v) is 24.9. The minimum atomic E-state index is -2.13. The molecule has 400 valence electrons. The third-order valence-corrected chi connectivity index (χ3v) is 19.1. The van der Waals surface area contributed by atoms with E-state index in [0.29, 0.717) is 0 Å². The van der Waals surface area contributed by atoms with E-state index in [1.807, 2.05) is 0 Å². The zero-order valence-corrected chi connectivity index (χ0v) is 49.1. The number of rotatable bonds is 17. The van der Waals surface area contributed by atoms with Gasteiger partial charge in [0, 0.05) is 21.9 Å². The Balaban J connectivity index is 1.22. The Morgan fingerprint density at radius 2 is 0.848 bits per heavy atom. The highest BCUT2D eigenvalue weighted by atomic mass is 31.1. The molecular weight excluding hydrogens is 1010 g/mol. The lowest BCUT2D eigenvalue weighted by molar-refractivity contribution is 0.484. The third kappa shape index (κ3) is 10.1. The maximum atomic E-state index is 8.13. The highest BCUT2D eigenvalue weighted by Crippen LogP contribution is 2.56. The van der Waals surface area contributed by atoms with Gasteiger partial charge in [0.15, 0.2) is 8.15 Å². The quantitative estimate of drug-likeness (QED) is 0.0851. The molecule has 0 amide bonds. The molecule has 0 saturated carbocycles. The fraction of sp³-hybridized carbons (Fsp3) is 0.278. The van der Waals surface area contributed by atoms with Crippen LogP contribution in [0.15, 0.2) is 154 Å². The molecule has 1 aromatic heterocycles. The molecule has 0 atom stereocenters. The molecule has 0 fully saturated rings. The second-order valence-electron chi connectivity index (χ2n) is 22.2. The van der Waals surface area contributed by atoms with Crippen molar-refractivity contribution >= 4 is 92.0 Å². The molecule has 2 heterocycles. The van der Waals surface area contributed by atoms with E-state index in [4.69, 9.17) is 22.2 Å². The third-order valence-electron chi connectivity index (χ3n) is 16.1. The summed E-state index contributed by atoms with van der Waals surface area (Å²) < 4.78 is 37.7. The van der Waals surface area contributed by atoms with E-state index in [0.717, 1.165) is 193 Å². The van der Waals surface area contributed by atoms with Gasteiger partial charge in [0.25, 0.3) is 0 Å². The molecule has 12 rings (SSSR count). The number of ether oxygens (including phenoxy) is 1. The zero-order chi connectivity index (χ0) is 54.3. The summed E-state index contributed by atoms with van der Waals surface area (Å²) in [6, 6.07) is 54.1. The topological polar surface area (TPSA) is 54.0 Å². The molecule has 0 N–H and O–H groups in total. The van der Waals surface area contributed by atoms with Gasteiger partial charge in [-0.1, -0.05) is 162 Å². The Kier molecular flexibility index (Phi) is 15.1. The van der Waals surface area contributed by atoms with Crippen molar-refractivity contribution < 1.29 is 22.2 Å². The largest absolute Gasteiger partial charge is 0.463 e. The molecule has 10 aromatic carbocycles. The minimum absolute atomic E-state index is 0.788. The lowest BCUT2D eigenvalue weighted by Gasteiger charge is -2.31. The van der Waals surface area contributed by atoms with Gasteiger partial charge in [-0.2, -0.15) is 0 Å². The summed E-state index contributed by atoms with van der Waals surface area (Å²) in [5, 5.41) is 13.5. The van der Waals surface area contributed by atoms with E-state index in [1.54, 1.807) is 0 Å². The van der Waals surface area contributed by atoms with Gasteiger partial charge in [-0.05, 0) is 204 Å². The van der Waals surface area contributed by atoms with Gasteiger partial charge in [-0.15, -0.1) is 0 Å². The van der Waals surface area contributed by atoms with Crippen molar-refractivity contribution in [2.45, 2.75) is 132 Å². The zero-order valence-electron chi connectivity index (χ0n) is 47.3. The predicted molar refractivity (Wildman–Crippen MR) is 337 cm³/mol. The Labute approximate surface area is 468 Å². The van der Waals surface area contributed by atoms with Crippen LogP contribution in [0.2, 0.25) is 0 Å². The van der Waals surface area contributed by atoms with Crippen molar-refractivity contribution in [2.24, 2.45) is 0 Å². The van der Waals surface area contributed by atoms with Gasteiger partial charge in [0.05, 0.1) is 10.6 Å². The van der Waals surface area contributed by atoms with Gasteiger partial charge in [0.1, 0.15) is 34.2 Å². The number of unbranched alkanes of at least 4 members (excludes halogenated alkanes) is 4. The van der Waals surface area contributed by atoms with Gasteiger partial charge >= 0.3 is 8.24 Å². The van der Waals surface area contributed by atoms with Crippen LogP contribution < -0.4 is 24.4 Å². The number of hydrogen-bond acceptors (Lipinski definition) is 5. The van der Waals surface area contributed by atoms with E-state index >= 15 is 0 Å². The monoisotopic (exact) mass is 1080 g/mol. The first-order valence-corrected chi connectivity index (χ1v) is 31.4. The van der Waals surface area contributed by atoms with Crippen molar-refractivity contribution in [1.82, 2.24) is 0 Å². The van der Waals surface area contributed by atoms with Crippen LogP contribution in [0.3, 0.4) is 0 Å². The lowest BCUT2D eigenvalue weighted by atomic mass is 9.86. The molecular formula is C72H72O5P2. The van der Waals surface area contributed by atoms with Crippen molar-refractivity contribution in [2.75, 3.05) is 0 Å². The molecule has 0 aliphatic carbocycles. The molecule has 0 saturated heterocycles. The summed E-state index contributed by atoms with van der Waals surface area (Å²) in [7, 11) is -3.55. The molecule has 0 bridgehead atoms. The average Bonchev–Trinajstić information content (AvgIpc) is 3.81. The average molecular weight is 1080 g/mol. The maximum Gasteiger partial charge on any atom is 0.453 e. The van der Waals surface area contributed by atoms with Gasteiger partial charge in [-0.3, -0.25) is 0 Å². The molecule has 11 aromatic rings. The normalized spacial score (nSPS) is 12.5. The Morgan fingerprint density at radius 1 is 0.405 bits per heavy atom. The van der Waals surface area contributed by atoms with Gasteiger partial charge in [0.2, 0.25) is 0 Å². The van der Waals surface area contributed by atoms with Crippen LogP contribution in [0.1, 0.15) is 124 Å². The van der Waals surface area contributed by atoms with E-state index in [-0.39, 0.29) is 0 Å². The van der Waals surface area contributed by atoms with E-state index in [9.17, 15) is 0 Å². The summed E-state index contributed by atoms with van der Waals surface area (Å²) in [6.07, 6.45) is 12.3. The first-order valence-electron chi connectivity index (χ1n) is 29.1. The van der Waals surface area contributed by atoms with E-state index < -0.39 is 16.4 Å². The number of hydrogen-bond donors (Lipinski definition) is 0. The van der Waals surface area contributed by atoms with E-state index in [1.165, 1.54) is 38.6 Å². The molecule has 1 aliphatic rings.